The Morgan fingerprint density at radius 2 is 2.09 bits per heavy atom. The molecule has 0 radical (unpaired) electrons. The Bertz CT molecular complexity index is 634. The summed E-state index contributed by atoms with van der Waals surface area (Å²) >= 11 is 5.82. The normalized spacial score (nSPS) is 10.3. The molecule has 5 heteroatoms. The van der Waals surface area contributed by atoms with Crippen molar-refractivity contribution in [1.29, 1.82) is 0 Å². The number of carbonyl (C=O) groups is 1. The number of amides is 1. The molecule has 0 N–H and O–H groups in total. The van der Waals surface area contributed by atoms with Crippen molar-refractivity contribution in [2.45, 2.75) is 6.54 Å². The van der Waals surface area contributed by atoms with Crippen LogP contribution >= 0.6 is 11.6 Å². The topological polar surface area (TPSA) is 34.5 Å². The molecule has 2 aromatic rings. The van der Waals surface area contributed by atoms with Crippen LogP contribution in [0.3, 0.4) is 0 Å². The van der Waals surface area contributed by atoms with Crippen LogP contribution in [0.15, 0.2) is 55.3 Å². The largest absolute Gasteiger partial charge is 0.484 e. The molecule has 1 aromatic carbocycles. The Hall–Kier alpha value is -2.20. The SMILES string of the molecule is C=CCN(Cc1cccn1C)C(=O)COc1ccc(Cl)cc1. The van der Waals surface area contributed by atoms with E-state index in [1.807, 2.05) is 29.9 Å². The number of halogens is 1. The van der Waals surface area contributed by atoms with Gasteiger partial charge in [0.15, 0.2) is 6.61 Å². The fourth-order valence-corrected chi connectivity index (χ4v) is 2.16. The maximum absolute atomic E-state index is 12.3. The van der Waals surface area contributed by atoms with Crippen molar-refractivity contribution in [2.75, 3.05) is 13.2 Å². The highest BCUT2D eigenvalue weighted by molar-refractivity contribution is 6.30. The van der Waals surface area contributed by atoms with E-state index in [9.17, 15) is 4.79 Å². The lowest BCUT2D eigenvalue weighted by Crippen LogP contribution is -2.35. The molecule has 1 amide bonds. The van der Waals surface area contributed by atoms with Crippen LogP contribution in [0, 0.1) is 0 Å². The first-order valence-corrected chi connectivity index (χ1v) is 7.35. The molecule has 22 heavy (non-hydrogen) atoms. The Morgan fingerprint density at radius 3 is 2.68 bits per heavy atom. The van der Waals surface area contributed by atoms with Crippen LogP contribution in [-0.2, 0) is 18.4 Å². The lowest BCUT2D eigenvalue weighted by Gasteiger charge is -2.21. The summed E-state index contributed by atoms with van der Waals surface area (Å²) in [6, 6.07) is 10.9. The molecule has 0 unspecified atom stereocenters. The molecule has 0 bridgehead atoms. The van der Waals surface area contributed by atoms with E-state index in [1.54, 1.807) is 35.2 Å². The molecule has 4 nitrogen and oxygen atoms in total. The van der Waals surface area contributed by atoms with Gasteiger partial charge in [-0.2, -0.15) is 0 Å². The van der Waals surface area contributed by atoms with E-state index >= 15 is 0 Å². The van der Waals surface area contributed by atoms with E-state index in [-0.39, 0.29) is 12.5 Å². The summed E-state index contributed by atoms with van der Waals surface area (Å²) in [6.07, 6.45) is 3.67. The molecule has 0 saturated heterocycles. The molecular formula is C17H19ClN2O2. The van der Waals surface area contributed by atoms with E-state index < -0.39 is 0 Å². The highest BCUT2D eigenvalue weighted by Crippen LogP contribution is 2.15. The fourth-order valence-electron chi connectivity index (χ4n) is 2.03. The predicted octanol–water partition coefficient (Wildman–Crippen LogP) is 3.27. The molecule has 1 heterocycles. The van der Waals surface area contributed by atoms with Crippen molar-refractivity contribution in [2.24, 2.45) is 7.05 Å². The van der Waals surface area contributed by atoms with Crippen LogP contribution in [-0.4, -0.2) is 28.5 Å². The Balaban J connectivity index is 1.95. The number of rotatable bonds is 7. The summed E-state index contributed by atoms with van der Waals surface area (Å²) in [6.45, 7) is 4.70. The van der Waals surface area contributed by atoms with Crippen molar-refractivity contribution in [3.63, 3.8) is 0 Å². The van der Waals surface area contributed by atoms with Crippen LogP contribution in [0.2, 0.25) is 5.02 Å². The van der Waals surface area contributed by atoms with E-state index in [4.69, 9.17) is 16.3 Å². The van der Waals surface area contributed by atoms with Gasteiger partial charge in [0.1, 0.15) is 5.75 Å². The minimum absolute atomic E-state index is 0.0140. The summed E-state index contributed by atoms with van der Waals surface area (Å²) in [4.78, 5) is 14.0. The van der Waals surface area contributed by atoms with E-state index in [1.165, 1.54) is 0 Å². The van der Waals surface area contributed by atoms with E-state index in [0.717, 1.165) is 5.69 Å². The number of hydrogen-bond donors (Lipinski definition) is 0. The van der Waals surface area contributed by atoms with Gasteiger partial charge in [-0.05, 0) is 36.4 Å². The van der Waals surface area contributed by atoms with Gasteiger partial charge in [-0.15, -0.1) is 6.58 Å². The van der Waals surface area contributed by atoms with Crippen molar-refractivity contribution in [3.8, 4) is 5.75 Å². The number of carbonyl (C=O) groups excluding carboxylic acids is 1. The van der Waals surface area contributed by atoms with Crippen molar-refractivity contribution in [3.05, 3.63) is 66.0 Å². The Kier molecular flexibility index (Phi) is 5.67. The first kappa shape index (κ1) is 16.2. The fraction of sp³-hybridized carbons (Fsp3) is 0.235. The lowest BCUT2D eigenvalue weighted by molar-refractivity contribution is -0.133. The smallest absolute Gasteiger partial charge is 0.261 e. The third-order valence-electron chi connectivity index (χ3n) is 3.28. The summed E-state index contributed by atoms with van der Waals surface area (Å²) in [7, 11) is 1.95. The standard InChI is InChI=1S/C17H19ClN2O2/c1-3-10-20(12-15-5-4-11-19(15)2)17(21)13-22-16-8-6-14(18)7-9-16/h3-9,11H,1,10,12-13H2,2H3. The second kappa shape index (κ2) is 7.71. The molecule has 0 aliphatic rings. The summed E-state index contributed by atoms with van der Waals surface area (Å²) in [5.41, 5.74) is 1.06. The molecule has 0 spiro atoms. The van der Waals surface area contributed by atoms with Crippen LogP contribution in [0.1, 0.15) is 5.69 Å². The lowest BCUT2D eigenvalue weighted by atomic mass is 10.3. The number of benzene rings is 1. The van der Waals surface area contributed by atoms with Crippen LogP contribution in [0.25, 0.3) is 0 Å². The molecule has 0 aliphatic heterocycles. The number of hydrogen-bond acceptors (Lipinski definition) is 2. The zero-order valence-corrected chi connectivity index (χ0v) is 13.3. The molecule has 0 saturated carbocycles. The van der Waals surface area contributed by atoms with Gasteiger partial charge in [0.05, 0.1) is 6.54 Å². The van der Waals surface area contributed by atoms with Gasteiger partial charge in [-0.1, -0.05) is 17.7 Å². The molecule has 0 fully saturated rings. The van der Waals surface area contributed by atoms with E-state index in [2.05, 4.69) is 6.58 Å². The molecule has 116 valence electrons. The van der Waals surface area contributed by atoms with Crippen molar-refractivity contribution in [1.82, 2.24) is 9.47 Å². The monoisotopic (exact) mass is 318 g/mol. The summed E-state index contributed by atoms with van der Waals surface area (Å²) < 4.78 is 7.50. The van der Waals surface area contributed by atoms with Crippen molar-refractivity contribution < 1.29 is 9.53 Å². The number of nitrogens with zero attached hydrogens (tertiary/aromatic N) is 2. The summed E-state index contributed by atoms with van der Waals surface area (Å²) in [5.74, 6) is 0.534. The maximum Gasteiger partial charge on any atom is 0.261 e. The Labute approximate surface area is 135 Å². The predicted molar refractivity (Wildman–Crippen MR) is 88.0 cm³/mol. The number of aryl methyl sites for hydroxylation is 1. The van der Waals surface area contributed by atoms with Gasteiger partial charge < -0.3 is 14.2 Å². The Morgan fingerprint density at radius 1 is 1.36 bits per heavy atom. The van der Waals surface area contributed by atoms with Crippen LogP contribution in [0.5, 0.6) is 5.75 Å². The average molecular weight is 319 g/mol. The molecule has 2 rings (SSSR count). The molecular weight excluding hydrogens is 300 g/mol. The summed E-state index contributed by atoms with van der Waals surface area (Å²) in [5, 5.41) is 0.635. The second-order valence-corrected chi connectivity index (χ2v) is 5.35. The van der Waals surface area contributed by atoms with Gasteiger partial charge in [-0.3, -0.25) is 4.79 Å². The van der Waals surface area contributed by atoms with Gasteiger partial charge in [0, 0.05) is 30.5 Å². The molecule has 0 aliphatic carbocycles. The highest BCUT2D eigenvalue weighted by atomic mass is 35.5. The van der Waals surface area contributed by atoms with E-state index in [0.29, 0.717) is 23.9 Å². The minimum atomic E-state index is -0.0870. The van der Waals surface area contributed by atoms with Gasteiger partial charge in [-0.25, -0.2) is 0 Å². The number of aromatic nitrogens is 1. The molecule has 1 aromatic heterocycles. The zero-order valence-electron chi connectivity index (χ0n) is 12.5. The third kappa shape index (κ3) is 4.40. The van der Waals surface area contributed by atoms with Gasteiger partial charge in [0.25, 0.3) is 5.91 Å². The second-order valence-electron chi connectivity index (χ2n) is 4.92. The van der Waals surface area contributed by atoms with Crippen molar-refractivity contribution >= 4 is 17.5 Å². The average Bonchev–Trinajstić information content (AvgIpc) is 2.91. The third-order valence-corrected chi connectivity index (χ3v) is 3.53. The first-order chi connectivity index (χ1) is 10.6. The number of ether oxygens (including phenoxy) is 1. The zero-order chi connectivity index (χ0) is 15.9. The highest BCUT2D eigenvalue weighted by Gasteiger charge is 2.14. The van der Waals surface area contributed by atoms with Crippen LogP contribution in [0.4, 0.5) is 0 Å². The van der Waals surface area contributed by atoms with Gasteiger partial charge in [0.2, 0.25) is 0 Å². The van der Waals surface area contributed by atoms with Crippen LogP contribution < -0.4 is 4.74 Å². The van der Waals surface area contributed by atoms with Gasteiger partial charge >= 0.3 is 0 Å². The maximum atomic E-state index is 12.3. The quantitative estimate of drug-likeness (QED) is 0.734. The first-order valence-electron chi connectivity index (χ1n) is 6.97. The molecule has 0 atom stereocenters. The minimum Gasteiger partial charge on any atom is -0.484 e.